The molecule has 0 amide bonds. The van der Waals surface area contributed by atoms with Crippen LogP contribution >= 0.6 is 46.4 Å². The number of nitro groups is 1. The normalized spacial score (nSPS) is 10.1. The van der Waals surface area contributed by atoms with E-state index in [2.05, 4.69) is 0 Å². The summed E-state index contributed by atoms with van der Waals surface area (Å²) < 4.78 is 0. The van der Waals surface area contributed by atoms with Gasteiger partial charge in [-0.1, -0.05) is 34.8 Å². The molecule has 0 aromatic heterocycles. The van der Waals surface area contributed by atoms with Crippen molar-refractivity contribution in [3.8, 4) is 0 Å². The van der Waals surface area contributed by atoms with E-state index in [1.165, 1.54) is 0 Å². The molecule has 0 saturated heterocycles. The number of nitrogens with zero attached hydrogens (tertiary/aromatic N) is 1. The zero-order valence-corrected chi connectivity index (χ0v) is 9.78. The maximum Gasteiger partial charge on any atom is 0.308 e. The van der Waals surface area contributed by atoms with E-state index in [0.717, 1.165) is 6.07 Å². The van der Waals surface area contributed by atoms with E-state index in [9.17, 15) is 14.9 Å². The van der Waals surface area contributed by atoms with E-state index in [1.54, 1.807) is 0 Å². The lowest BCUT2D eigenvalue weighted by molar-refractivity contribution is -0.384. The van der Waals surface area contributed by atoms with Gasteiger partial charge in [0.25, 0.3) is 5.24 Å². The third kappa shape index (κ3) is 2.34. The van der Waals surface area contributed by atoms with E-state index in [0.29, 0.717) is 0 Å². The third-order valence-electron chi connectivity index (χ3n) is 1.53. The van der Waals surface area contributed by atoms with E-state index < -0.39 is 20.9 Å². The van der Waals surface area contributed by atoms with Gasteiger partial charge in [0.2, 0.25) is 0 Å². The van der Waals surface area contributed by atoms with Gasteiger partial charge in [0.1, 0.15) is 10.0 Å². The Balaban J connectivity index is 3.63. The predicted octanol–water partition coefficient (Wildman–Crippen LogP) is 3.93. The second-order valence-electron chi connectivity index (χ2n) is 2.41. The van der Waals surface area contributed by atoms with Crippen molar-refractivity contribution in [1.82, 2.24) is 0 Å². The predicted molar refractivity (Wildman–Crippen MR) is 58.3 cm³/mol. The summed E-state index contributed by atoms with van der Waals surface area (Å²) in [7, 11) is 0. The van der Waals surface area contributed by atoms with E-state index in [-0.39, 0.29) is 15.6 Å². The van der Waals surface area contributed by atoms with Crippen molar-refractivity contribution in [2.75, 3.05) is 0 Å². The molecule has 1 aromatic rings. The molecular formula is C7HCl4NO3. The van der Waals surface area contributed by atoms with Gasteiger partial charge in [0.05, 0.1) is 15.5 Å². The number of halogens is 4. The topological polar surface area (TPSA) is 60.2 Å². The van der Waals surface area contributed by atoms with Gasteiger partial charge in [-0.3, -0.25) is 14.9 Å². The van der Waals surface area contributed by atoms with Crippen molar-refractivity contribution in [1.29, 1.82) is 0 Å². The van der Waals surface area contributed by atoms with Gasteiger partial charge < -0.3 is 0 Å². The number of carbonyl (C=O) groups excluding carboxylic acids is 1. The molecule has 0 saturated carbocycles. The minimum absolute atomic E-state index is 0.156. The standard InChI is InChI=1S/C7HCl4NO3/c8-3-1-2(7(11)13)4(9)6(5(3)10)12(14)15/h1H. The molecule has 0 atom stereocenters. The van der Waals surface area contributed by atoms with E-state index in [1.807, 2.05) is 0 Å². The summed E-state index contributed by atoms with van der Waals surface area (Å²) in [5.74, 6) is 0. The van der Waals surface area contributed by atoms with Crippen LogP contribution in [0.4, 0.5) is 5.69 Å². The fraction of sp³-hybridized carbons (Fsp3) is 0. The van der Waals surface area contributed by atoms with Crippen molar-refractivity contribution in [3.63, 3.8) is 0 Å². The molecule has 0 fully saturated rings. The van der Waals surface area contributed by atoms with Crippen molar-refractivity contribution < 1.29 is 9.72 Å². The maximum atomic E-state index is 10.9. The summed E-state index contributed by atoms with van der Waals surface area (Å²) in [6, 6.07) is 1.08. The molecule has 0 spiro atoms. The van der Waals surface area contributed by atoms with Crippen molar-refractivity contribution in [3.05, 3.63) is 36.8 Å². The highest BCUT2D eigenvalue weighted by molar-refractivity contribution is 6.69. The molecule has 0 aliphatic carbocycles. The number of carbonyl (C=O) groups is 1. The molecule has 0 radical (unpaired) electrons. The molecule has 80 valence electrons. The van der Waals surface area contributed by atoms with Crippen LogP contribution in [0, 0.1) is 10.1 Å². The summed E-state index contributed by atoms with van der Waals surface area (Å²) in [6.45, 7) is 0. The highest BCUT2D eigenvalue weighted by Gasteiger charge is 2.26. The molecular weight excluding hydrogens is 288 g/mol. The average Bonchev–Trinajstić information content (AvgIpc) is 2.10. The first kappa shape index (κ1) is 12.5. The SMILES string of the molecule is O=C(Cl)c1cc(Cl)c(Cl)c([N+](=O)[O-])c1Cl. The monoisotopic (exact) mass is 287 g/mol. The summed E-state index contributed by atoms with van der Waals surface area (Å²) in [5.41, 5.74) is -0.880. The zero-order valence-electron chi connectivity index (χ0n) is 6.76. The molecule has 1 aromatic carbocycles. The van der Waals surface area contributed by atoms with Crippen LogP contribution in [0.3, 0.4) is 0 Å². The van der Waals surface area contributed by atoms with Crippen LogP contribution in [-0.2, 0) is 0 Å². The van der Waals surface area contributed by atoms with Crippen LogP contribution < -0.4 is 0 Å². The lowest BCUT2D eigenvalue weighted by Gasteiger charge is -2.03. The molecule has 0 heterocycles. The van der Waals surface area contributed by atoms with Gasteiger partial charge in [-0.05, 0) is 17.7 Å². The number of hydrogen-bond donors (Lipinski definition) is 0. The Morgan fingerprint density at radius 3 is 2.20 bits per heavy atom. The Morgan fingerprint density at radius 1 is 1.27 bits per heavy atom. The molecule has 1 rings (SSSR count). The van der Waals surface area contributed by atoms with Crippen LogP contribution in [0.2, 0.25) is 15.1 Å². The smallest absolute Gasteiger partial charge is 0.276 e. The molecule has 4 nitrogen and oxygen atoms in total. The largest absolute Gasteiger partial charge is 0.308 e. The molecule has 0 N–H and O–H groups in total. The van der Waals surface area contributed by atoms with Gasteiger partial charge >= 0.3 is 5.69 Å². The Bertz CT molecular complexity index is 460. The van der Waals surface area contributed by atoms with Crippen molar-refractivity contribution in [2.24, 2.45) is 0 Å². The number of benzene rings is 1. The fourth-order valence-electron chi connectivity index (χ4n) is 0.894. The van der Waals surface area contributed by atoms with Crippen molar-refractivity contribution in [2.45, 2.75) is 0 Å². The highest BCUT2D eigenvalue weighted by atomic mass is 35.5. The van der Waals surface area contributed by atoms with E-state index in [4.69, 9.17) is 46.4 Å². The Kier molecular flexibility index (Phi) is 3.78. The Labute approximate surface area is 104 Å². The Morgan fingerprint density at radius 2 is 1.80 bits per heavy atom. The minimum atomic E-state index is -0.943. The first-order valence-corrected chi connectivity index (χ1v) is 4.89. The molecule has 0 unspecified atom stereocenters. The second kappa shape index (κ2) is 4.53. The van der Waals surface area contributed by atoms with Gasteiger partial charge in [0.15, 0.2) is 0 Å². The van der Waals surface area contributed by atoms with Crippen LogP contribution in [0.25, 0.3) is 0 Å². The van der Waals surface area contributed by atoms with Crippen LogP contribution in [0.15, 0.2) is 6.07 Å². The highest BCUT2D eigenvalue weighted by Crippen LogP contribution is 2.40. The van der Waals surface area contributed by atoms with Gasteiger partial charge in [-0.25, -0.2) is 0 Å². The van der Waals surface area contributed by atoms with Gasteiger partial charge in [0, 0.05) is 0 Å². The lowest BCUT2D eigenvalue weighted by atomic mass is 10.2. The summed E-state index contributed by atoms with van der Waals surface area (Å²) in [6.07, 6.45) is 0. The molecule has 0 aliphatic rings. The van der Waals surface area contributed by atoms with Crippen LogP contribution in [-0.4, -0.2) is 10.2 Å². The lowest BCUT2D eigenvalue weighted by Crippen LogP contribution is -1.98. The summed E-state index contributed by atoms with van der Waals surface area (Å²) in [5, 5.41) is 8.75. The van der Waals surface area contributed by atoms with Crippen LogP contribution in [0.5, 0.6) is 0 Å². The van der Waals surface area contributed by atoms with E-state index >= 15 is 0 Å². The number of nitro benzene ring substituents is 1. The second-order valence-corrected chi connectivity index (χ2v) is 3.92. The quantitative estimate of drug-likeness (QED) is 0.358. The van der Waals surface area contributed by atoms with Gasteiger partial charge in [-0.2, -0.15) is 0 Å². The third-order valence-corrected chi connectivity index (χ3v) is 2.89. The first-order valence-electron chi connectivity index (χ1n) is 3.38. The molecule has 0 bridgehead atoms. The summed E-state index contributed by atoms with van der Waals surface area (Å²) >= 11 is 21.9. The van der Waals surface area contributed by atoms with Crippen LogP contribution in [0.1, 0.15) is 10.4 Å². The fourth-order valence-corrected chi connectivity index (χ4v) is 1.86. The molecule has 8 heteroatoms. The zero-order chi connectivity index (χ0) is 11.7. The Hall–Kier alpha value is -0.550. The van der Waals surface area contributed by atoms with Crippen molar-refractivity contribution >= 4 is 57.3 Å². The number of hydrogen-bond acceptors (Lipinski definition) is 3. The van der Waals surface area contributed by atoms with Gasteiger partial charge in [-0.15, -0.1) is 0 Å². The molecule has 0 aliphatic heterocycles. The molecule has 15 heavy (non-hydrogen) atoms. The summed E-state index contributed by atoms with van der Waals surface area (Å²) in [4.78, 5) is 20.6. The number of rotatable bonds is 2. The maximum absolute atomic E-state index is 10.9. The first-order chi connectivity index (χ1) is 6.86. The average molecular weight is 289 g/mol. The minimum Gasteiger partial charge on any atom is -0.276 e.